The summed E-state index contributed by atoms with van der Waals surface area (Å²) in [5.41, 5.74) is 3.69. The minimum atomic E-state index is -1.14. The van der Waals surface area contributed by atoms with Gasteiger partial charge in [0, 0.05) is 6.54 Å². The lowest BCUT2D eigenvalue weighted by molar-refractivity contribution is -0.146. The molecule has 0 saturated carbocycles. The molecule has 0 saturated heterocycles. The van der Waals surface area contributed by atoms with Crippen LogP contribution in [0.1, 0.15) is 29.5 Å². The fourth-order valence-corrected chi connectivity index (χ4v) is 2.40. The molecule has 5 nitrogen and oxygen atoms in total. The van der Waals surface area contributed by atoms with Gasteiger partial charge in [0.25, 0.3) is 0 Å². The van der Waals surface area contributed by atoms with E-state index in [1.165, 1.54) is 17.5 Å². The standard InChI is InChI=1S/C14H17NO4/c16-13(17)7-12(14(18)19)15-8-9-4-5-10-2-1-3-11(10)6-9/h4-6,12,15H,1-3,7-8H2,(H,16,17)(H,18,19). The van der Waals surface area contributed by atoms with Crippen molar-refractivity contribution in [2.75, 3.05) is 0 Å². The molecule has 0 bridgehead atoms. The van der Waals surface area contributed by atoms with Gasteiger partial charge in [-0.2, -0.15) is 0 Å². The van der Waals surface area contributed by atoms with E-state index in [2.05, 4.69) is 17.4 Å². The van der Waals surface area contributed by atoms with Crippen molar-refractivity contribution >= 4 is 11.9 Å². The van der Waals surface area contributed by atoms with E-state index in [1.54, 1.807) is 0 Å². The van der Waals surface area contributed by atoms with E-state index >= 15 is 0 Å². The van der Waals surface area contributed by atoms with Gasteiger partial charge in [0.2, 0.25) is 0 Å². The molecule has 1 aromatic carbocycles. The Balaban J connectivity index is 1.97. The van der Waals surface area contributed by atoms with Crippen LogP contribution in [0.5, 0.6) is 0 Å². The van der Waals surface area contributed by atoms with Crippen molar-refractivity contribution in [3.63, 3.8) is 0 Å². The normalized spacial score (nSPS) is 14.9. The van der Waals surface area contributed by atoms with Crippen molar-refractivity contribution in [3.8, 4) is 0 Å². The molecule has 0 aromatic heterocycles. The number of aliphatic carboxylic acids is 2. The fourth-order valence-electron chi connectivity index (χ4n) is 2.40. The Bertz CT molecular complexity index is 498. The predicted molar refractivity (Wildman–Crippen MR) is 69.0 cm³/mol. The van der Waals surface area contributed by atoms with Crippen LogP contribution in [0.3, 0.4) is 0 Å². The monoisotopic (exact) mass is 263 g/mol. The second-order valence-corrected chi connectivity index (χ2v) is 4.83. The first-order valence-electron chi connectivity index (χ1n) is 6.35. The highest BCUT2D eigenvalue weighted by Gasteiger charge is 2.20. The van der Waals surface area contributed by atoms with E-state index in [4.69, 9.17) is 10.2 Å². The van der Waals surface area contributed by atoms with Crippen LogP contribution >= 0.6 is 0 Å². The Morgan fingerprint density at radius 1 is 1.21 bits per heavy atom. The molecule has 1 aliphatic rings. The third kappa shape index (κ3) is 3.54. The van der Waals surface area contributed by atoms with Crippen LogP contribution in [-0.2, 0) is 29.0 Å². The zero-order valence-electron chi connectivity index (χ0n) is 10.6. The topological polar surface area (TPSA) is 86.6 Å². The van der Waals surface area contributed by atoms with Gasteiger partial charge in [0.15, 0.2) is 0 Å². The van der Waals surface area contributed by atoms with Crippen molar-refractivity contribution in [1.29, 1.82) is 0 Å². The van der Waals surface area contributed by atoms with E-state index in [0.29, 0.717) is 6.54 Å². The van der Waals surface area contributed by atoms with E-state index in [-0.39, 0.29) is 0 Å². The van der Waals surface area contributed by atoms with E-state index in [9.17, 15) is 9.59 Å². The number of benzene rings is 1. The second kappa shape index (κ2) is 5.84. The maximum atomic E-state index is 10.9. The molecule has 1 atom stereocenters. The molecular formula is C14H17NO4. The zero-order chi connectivity index (χ0) is 13.8. The molecule has 1 aliphatic carbocycles. The minimum Gasteiger partial charge on any atom is -0.481 e. The lowest BCUT2D eigenvalue weighted by Gasteiger charge is -2.13. The number of nitrogens with one attached hydrogen (secondary N) is 1. The molecule has 3 N–H and O–H groups in total. The molecule has 102 valence electrons. The van der Waals surface area contributed by atoms with Gasteiger partial charge in [0.1, 0.15) is 6.04 Å². The summed E-state index contributed by atoms with van der Waals surface area (Å²) in [5, 5.41) is 20.4. The number of aryl methyl sites for hydroxylation is 2. The average Bonchev–Trinajstić information content (AvgIpc) is 2.80. The van der Waals surface area contributed by atoms with Gasteiger partial charge in [-0.3, -0.25) is 14.9 Å². The minimum absolute atomic E-state index is 0.373. The summed E-state index contributed by atoms with van der Waals surface area (Å²) in [7, 11) is 0. The smallest absolute Gasteiger partial charge is 0.321 e. The summed E-state index contributed by atoms with van der Waals surface area (Å²) in [5.74, 6) is -2.25. The number of carboxylic acid groups (broad SMARTS) is 2. The van der Waals surface area contributed by atoms with Crippen molar-refractivity contribution in [1.82, 2.24) is 5.32 Å². The molecule has 0 radical (unpaired) electrons. The quantitative estimate of drug-likeness (QED) is 0.717. The fraction of sp³-hybridized carbons (Fsp3) is 0.429. The summed E-state index contributed by atoms with van der Waals surface area (Å²) < 4.78 is 0. The highest BCUT2D eigenvalue weighted by atomic mass is 16.4. The first kappa shape index (κ1) is 13.5. The van der Waals surface area contributed by atoms with E-state index < -0.39 is 24.4 Å². The van der Waals surface area contributed by atoms with Crippen LogP contribution in [0.25, 0.3) is 0 Å². The highest BCUT2D eigenvalue weighted by Crippen LogP contribution is 2.22. The first-order chi connectivity index (χ1) is 9.06. The number of rotatable bonds is 6. The zero-order valence-corrected chi connectivity index (χ0v) is 10.6. The Labute approximate surface area is 111 Å². The lowest BCUT2D eigenvalue weighted by atomic mass is 10.1. The maximum Gasteiger partial charge on any atom is 0.321 e. The highest BCUT2D eigenvalue weighted by molar-refractivity contribution is 5.80. The van der Waals surface area contributed by atoms with E-state index in [1.807, 2.05) is 6.07 Å². The van der Waals surface area contributed by atoms with Gasteiger partial charge < -0.3 is 10.2 Å². The molecule has 1 aromatic rings. The lowest BCUT2D eigenvalue weighted by Crippen LogP contribution is -2.38. The van der Waals surface area contributed by atoms with Crippen molar-refractivity contribution in [2.24, 2.45) is 0 Å². The Morgan fingerprint density at radius 2 is 1.95 bits per heavy atom. The number of fused-ring (bicyclic) bond motifs is 1. The number of carbonyl (C=O) groups is 2. The van der Waals surface area contributed by atoms with Gasteiger partial charge in [-0.1, -0.05) is 18.2 Å². The van der Waals surface area contributed by atoms with Crippen LogP contribution in [-0.4, -0.2) is 28.2 Å². The van der Waals surface area contributed by atoms with Crippen molar-refractivity contribution in [2.45, 2.75) is 38.3 Å². The van der Waals surface area contributed by atoms with Crippen LogP contribution in [0, 0.1) is 0 Å². The SMILES string of the molecule is O=C(O)CC(NCc1ccc2c(c1)CCC2)C(=O)O. The predicted octanol–water partition coefficient (Wildman–Crippen LogP) is 1.19. The summed E-state index contributed by atoms with van der Waals surface area (Å²) in [6.45, 7) is 0.373. The number of hydrogen-bond donors (Lipinski definition) is 3. The van der Waals surface area contributed by atoms with Crippen LogP contribution in [0.15, 0.2) is 18.2 Å². The molecular weight excluding hydrogens is 246 g/mol. The molecule has 0 amide bonds. The van der Waals surface area contributed by atoms with Gasteiger partial charge >= 0.3 is 11.9 Å². The van der Waals surface area contributed by atoms with Gasteiger partial charge in [-0.15, -0.1) is 0 Å². The Morgan fingerprint density at radius 3 is 2.63 bits per heavy atom. The molecule has 5 heteroatoms. The average molecular weight is 263 g/mol. The maximum absolute atomic E-state index is 10.9. The Kier molecular flexibility index (Phi) is 4.16. The summed E-state index contributed by atoms with van der Waals surface area (Å²) in [4.78, 5) is 21.5. The van der Waals surface area contributed by atoms with Gasteiger partial charge in [-0.05, 0) is 36.0 Å². The number of carboxylic acids is 2. The van der Waals surface area contributed by atoms with Crippen molar-refractivity contribution < 1.29 is 19.8 Å². The third-order valence-electron chi connectivity index (χ3n) is 3.39. The molecule has 0 fully saturated rings. The third-order valence-corrected chi connectivity index (χ3v) is 3.39. The molecule has 0 spiro atoms. The van der Waals surface area contributed by atoms with Gasteiger partial charge in [0.05, 0.1) is 6.42 Å². The summed E-state index contributed by atoms with van der Waals surface area (Å²) in [6, 6.07) is 5.07. The van der Waals surface area contributed by atoms with Crippen LogP contribution in [0.4, 0.5) is 0 Å². The second-order valence-electron chi connectivity index (χ2n) is 4.83. The van der Waals surface area contributed by atoms with Crippen LogP contribution < -0.4 is 5.32 Å². The number of hydrogen-bond acceptors (Lipinski definition) is 3. The molecule has 0 heterocycles. The van der Waals surface area contributed by atoms with Crippen LogP contribution in [0.2, 0.25) is 0 Å². The summed E-state index contributed by atoms with van der Waals surface area (Å²) >= 11 is 0. The summed E-state index contributed by atoms with van der Waals surface area (Å²) in [6.07, 6.45) is 2.93. The Hall–Kier alpha value is -1.88. The molecule has 0 aliphatic heterocycles. The molecule has 2 rings (SSSR count). The van der Waals surface area contributed by atoms with Gasteiger partial charge in [-0.25, -0.2) is 0 Å². The first-order valence-corrected chi connectivity index (χ1v) is 6.35. The van der Waals surface area contributed by atoms with E-state index in [0.717, 1.165) is 18.4 Å². The largest absolute Gasteiger partial charge is 0.481 e. The van der Waals surface area contributed by atoms with Crippen molar-refractivity contribution in [3.05, 3.63) is 34.9 Å². The molecule has 19 heavy (non-hydrogen) atoms. The molecule has 1 unspecified atom stereocenters.